The fourth-order valence-corrected chi connectivity index (χ4v) is 1.54. The van der Waals surface area contributed by atoms with Crippen molar-refractivity contribution in [2.24, 2.45) is 10.9 Å². The van der Waals surface area contributed by atoms with Gasteiger partial charge in [0.25, 0.3) is 0 Å². The molecule has 6 heteroatoms. The lowest BCUT2D eigenvalue weighted by Crippen LogP contribution is -2.42. The largest absolute Gasteiger partial charge is 0.493 e. The number of para-hydroxylation sites is 2. The summed E-state index contributed by atoms with van der Waals surface area (Å²) in [5, 5.41) is 11.6. The van der Waals surface area contributed by atoms with Crippen molar-refractivity contribution >= 4 is 5.84 Å². The molecule has 1 rings (SSSR count). The zero-order chi connectivity index (χ0) is 14.3. The van der Waals surface area contributed by atoms with Gasteiger partial charge in [0.15, 0.2) is 17.3 Å². The Labute approximate surface area is 113 Å². The number of benzene rings is 1. The summed E-state index contributed by atoms with van der Waals surface area (Å²) in [6.45, 7) is 2.99. The van der Waals surface area contributed by atoms with Gasteiger partial charge in [-0.1, -0.05) is 17.3 Å². The molecule has 0 aliphatic rings. The van der Waals surface area contributed by atoms with Gasteiger partial charge in [-0.15, -0.1) is 0 Å². The molecule has 0 bridgehead atoms. The van der Waals surface area contributed by atoms with E-state index in [0.717, 1.165) is 0 Å². The number of ether oxygens (including phenoxy) is 2. The Kier molecular flexibility index (Phi) is 5.95. The minimum absolute atomic E-state index is 0.147. The van der Waals surface area contributed by atoms with E-state index in [1.54, 1.807) is 7.11 Å². The van der Waals surface area contributed by atoms with Crippen LogP contribution in [0.1, 0.15) is 6.92 Å². The number of methoxy groups -OCH3 is 1. The third-order valence-electron chi connectivity index (χ3n) is 2.98. The molecule has 0 saturated heterocycles. The third kappa shape index (κ3) is 4.33. The highest BCUT2D eigenvalue weighted by Gasteiger charge is 2.13. The van der Waals surface area contributed by atoms with Crippen LogP contribution in [0.25, 0.3) is 0 Å². The highest BCUT2D eigenvalue weighted by Crippen LogP contribution is 2.25. The first-order chi connectivity index (χ1) is 9.10. The first-order valence-electron chi connectivity index (χ1n) is 6.03. The molecule has 0 fully saturated rings. The number of likely N-dealkylation sites (N-methyl/N-ethyl adjacent to an activating group) is 1. The van der Waals surface area contributed by atoms with E-state index in [1.165, 1.54) is 0 Å². The summed E-state index contributed by atoms with van der Waals surface area (Å²) in [7, 11) is 3.49. The highest BCUT2D eigenvalue weighted by atomic mass is 16.5. The normalized spacial score (nSPS) is 13.4. The molecule has 0 aliphatic carbocycles. The summed E-state index contributed by atoms with van der Waals surface area (Å²) in [6.07, 6.45) is 0. The van der Waals surface area contributed by atoms with Crippen LogP contribution < -0.4 is 15.2 Å². The molecule has 0 heterocycles. The molecule has 0 amide bonds. The van der Waals surface area contributed by atoms with Gasteiger partial charge >= 0.3 is 0 Å². The molecule has 6 nitrogen and oxygen atoms in total. The Morgan fingerprint density at radius 3 is 2.63 bits per heavy atom. The van der Waals surface area contributed by atoms with E-state index >= 15 is 0 Å². The van der Waals surface area contributed by atoms with Gasteiger partial charge in [0.1, 0.15) is 6.61 Å². The van der Waals surface area contributed by atoms with Crippen molar-refractivity contribution in [1.82, 2.24) is 4.90 Å². The molecule has 1 aromatic carbocycles. The van der Waals surface area contributed by atoms with Crippen molar-refractivity contribution in [2.75, 3.05) is 27.3 Å². The molecular weight excluding hydrogens is 246 g/mol. The summed E-state index contributed by atoms with van der Waals surface area (Å²) in [5.41, 5.74) is 5.54. The molecule has 0 aromatic heterocycles. The van der Waals surface area contributed by atoms with Crippen LogP contribution >= 0.6 is 0 Å². The van der Waals surface area contributed by atoms with E-state index in [0.29, 0.717) is 24.7 Å². The van der Waals surface area contributed by atoms with E-state index in [1.807, 2.05) is 43.1 Å². The maximum Gasteiger partial charge on any atom is 0.161 e. The van der Waals surface area contributed by atoms with Crippen molar-refractivity contribution < 1.29 is 14.7 Å². The van der Waals surface area contributed by atoms with Gasteiger partial charge in [-0.05, 0) is 26.1 Å². The number of nitrogens with two attached hydrogens (primary N) is 1. The van der Waals surface area contributed by atoms with Gasteiger partial charge in [-0.25, -0.2) is 0 Å². The van der Waals surface area contributed by atoms with Crippen molar-refractivity contribution in [3.8, 4) is 11.5 Å². The molecule has 3 N–H and O–H groups in total. The summed E-state index contributed by atoms with van der Waals surface area (Å²) in [4.78, 5) is 1.93. The number of rotatable bonds is 7. The maximum atomic E-state index is 8.61. The Morgan fingerprint density at radius 2 is 2.05 bits per heavy atom. The minimum atomic E-state index is -0.147. The summed E-state index contributed by atoms with van der Waals surface area (Å²) >= 11 is 0. The second-order valence-electron chi connectivity index (χ2n) is 4.18. The second-order valence-corrected chi connectivity index (χ2v) is 4.18. The molecular formula is C13H21N3O3. The van der Waals surface area contributed by atoms with Crippen LogP contribution in [0.15, 0.2) is 29.4 Å². The zero-order valence-corrected chi connectivity index (χ0v) is 11.5. The molecule has 0 saturated carbocycles. The van der Waals surface area contributed by atoms with Crippen LogP contribution in [0, 0.1) is 0 Å². The van der Waals surface area contributed by atoms with Crippen molar-refractivity contribution in [2.45, 2.75) is 13.0 Å². The standard InChI is InChI=1S/C13H21N3O3/c1-10(13(14)15-17)16(2)8-9-19-12-7-5-4-6-11(12)18-3/h4-7,10,17H,8-9H2,1-3H3,(H2,14,15). The fourth-order valence-electron chi connectivity index (χ4n) is 1.54. The van der Waals surface area contributed by atoms with Crippen LogP contribution in [-0.2, 0) is 0 Å². The molecule has 19 heavy (non-hydrogen) atoms. The first-order valence-corrected chi connectivity index (χ1v) is 6.03. The fraction of sp³-hybridized carbons (Fsp3) is 0.462. The van der Waals surface area contributed by atoms with Crippen LogP contribution in [0.4, 0.5) is 0 Å². The maximum absolute atomic E-state index is 8.61. The quantitative estimate of drug-likeness (QED) is 0.335. The summed E-state index contributed by atoms with van der Waals surface area (Å²) < 4.78 is 10.8. The van der Waals surface area contributed by atoms with Crippen molar-refractivity contribution in [1.29, 1.82) is 0 Å². The molecule has 1 aromatic rings. The SMILES string of the molecule is COc1ccccc1OCCN(C)C(C)C(N)=NO. The lowest BCUT2D eigenvalue weighted by Gasteiger charge is -2.23. The van der Waals surface area contributed by atoms with E-state index in [2.05, 4.69) is 5.16 Å². The topological polar surface area (TPSA) is 80.3 Å². The molecule has 0 aliphatic heterocycles. The predicted octanol–water partition coefficient (Wildman–Crippen LogP) is 1.14. The monoisotopic (exact) mass is 267 g/mol. The number of hydrogen-bond acceptors (Lipinski definition) is 5. The first kappa shape index (κ1) is 15.1. The van der Waals surface area contributed by atoms with Crippen LogP contribution in [0.3, 0.4) is 0 Å². The third-order valence-corrected chi connectivity index (χ3v) is 2.98. The molecule has 0 spiro atoms. The predicted molar refractivity (Wildman–Crippen MR) is 74.0 cm³/mol. The number of nitrogens with zero attached hydrogens (tertiary/aromatic N) is 2. The van der Waals surface area contributed by atoms with E-state index in [4.69, 9.17) is 20.4 Å². The molecule has 1 atom stereocenters. The Morgan fingerprint density at radius 1 is 1.42 bits per heavy atom. The van der Waals surface area contributed by atoms with E-state index < -0.39 is 0 Å². The number of hydrogen-bond donors (Lipinski definition) is 2. The van der Waals surface area contributed by atoms with Crippen molar-refractivity contribution in [3.63, 3.8) is 0 Å². The van der Waals surface area contributed by atoms with Gasteiger partial charge in [-0.3, -0.25) is 4.90 Å². The average molecular weight is 267 g/mol. The number of amidine groups is 1. The smallest absolute Gasteiger partial charge is 0.161 e. The van der Waals surface area contributed by atoms with Gasteiger partial charge in [-0.2, -0.15) is 0 Å². The van der Waals surface area contributed by atoms with E-state index in [9.17, 15) is 0 Å². The Hall–Kier alpha value is -1.95. The van der Waals surface area contributed by atoms with Gasteiger partial charge < -0.3 is 20.4 Å². The summed E-state index contributed by atoms with van der Waals surface area (Å²) in [5.74, 6) is 1.59. The van der Waals surface area contributed by atoms with Crippen LogP contribution in [0.5, 0.6) is 11.5 Å². The molecule has 106 valence electrons. The van der Waals surface area contributed by atoms with Gasteiger partial charge in [0.05, 0.1) is 13.2 Å². The summed E-state index contributed by atoms with van der Waals surface area (Å²) in [6, 6.07) is 7.33. The van der Waals surface area contributed by atoms with Gasteiger partial charge in [0, 0.05) is 6.54 Å². The second kappa shape index (κ2) is 7.48. The molecule has 1 unspecified atom stereocenters. The van der Waals surface area contributed by atoms with Gasteiger partial charge in [0.2, 0.25) is 0 Å². The van der Waals surface area contributed by atoms with Crippen LogP contribution in [0.2, 0.25) is 0 Å². The Balaban J connectivity index is 2.46. The lowest BCUT2D eigenvalue weighted by atomic mass is 10.3. The average Bonchev–Trinajstić information content (AvgIpc) is 2.45. The van der Waals surface area contributed by atoms with Crippen LogP contribution in [-0.4, -0.2) is 49.3 Å². The minimum Gasteiger partial charge on any atom is -0.493 e. The molecule has 0 radical (unpaired) electrons. The zero-order valence-electron chi connectivity index (χ0n) is 11.5. The van der Waals surface area contributed by atoms with Crippen molar-refractivity contribution in [3.05, 3.63) is 24.3 Å². The Bertz CT molecular complexity index is 423. The number of oxime groups is 1. The van der Waals surface area contributed by atoms with E-state index in [-0.39, 0.29) is 11.9 Å². The lowest BCUT2D eigenvalue weighted by molar-refractivity contribution is 0.216. The highest BCUT2D eigenvalue weighted by molar-refractivity contribution is 5.84.